The minimum Gasteiger partial charge on any atom is -0.508 e. The van der Waals surface area contributed by atoms with Crippen molar-refractivity contribution in [2.45, 2.75) is 56.8 Å². The molecule has 2 saturated carbocycles. The van der Waals surface area contributed by atoms with Crippen molar-refractivity contribution < 1.29 is 29.0 Å². The van der Waals surface area contributed by atoms with Crippen LogP contribution in [0, 0.1) is 17.8 Å². The molecule has 7 heteroatoms. The van der Waals surface area contributed by atoms with Crippen LogP contribution in [0.5, 0.6) is 5.75 Å². The number of rotatable bonds is 7. The van der Waals surface area contributed by atoms with E-state index in [2.05, 4.69) is 19.6 Å². The number of carbonyl (C=O) groups excluding carboxylic acids is 3. The molecule has 162 valence electrons. The van der Waals surface area contributed by atoms with E-state index in [1.807, 2.05) is 0 Å². The van der Waals surface area contributed by atoms with Crippen LogP contribution in [-0.2, 0) is 23.9 Å². The van der Waals surface area contributed by atoms with E-state index in [4.69, 9.17) is 9.47 Å². The number of phenols is 1. The van der Waals surface area contributed by atoms with Gasteiger partial charge in [-0.25, -0.2) is 0 Å². The Hall–Kier alpha value is -2.15. The average Bonchev–Trinajstić information content (AvgIpc) is 3.48. The average molecular weight is 431 g/mol. The summed E-state index contributed by atoms with van der Waals surface area (Å²) in [6.07, 6.45) is 2.30. The number of fused-ring (bicyclic) bond motifs is 2. The molecule has 0 heterocycles. The second kappa shape index (κ2) is 7.83. The first kappa shape index (κ1) is 21.1. The second-order valence-corrected chi connectivity index (χ2v) is 15.8. The SMILES string of the molecule is C[Si](C)(C)CCOC(=O)[C@@H]1C2CC(=O)[C@@H](c3cc(O)ccc32)[C@H]1C(=O)OCC1CC1. The van der Waals surface area contributed by atoms with Gasteiger partial charge < -0.3 is 14.6 Å². The molecule has 1 N–H and O–H groups in total. The molecule has 2 fully saturated rings. The molecule has 0 spiro atoms. The van der Waals surface area contributed by atoms with E-state index < -0.39 is 43.7 Å². The van der Waals surface area contributed by atoms with Gasteiger partial charge in [-0.1, -0.05) is 25.7 Å². The monoisotopic (exact) mass is 430 g/mol. The summed E-state index contributed by atoms with van der Waals surface area (Å²) in [5.74, 6) is -3.33. The number of hydrogen-bond acceptors (Lipinski definition) is 6. The van der Waals surface area contributed by atoms with Crippen molar-refractivity contribution in [3.8, 4) is 5.75 Å². The maximum Gasteiger partial charge on any atom is 0.310 e. The number of aromatic hydroxyl groups is 1. The maximum atomic E-state index is 13.1. The van der Waals surface area contributed by atoms with Crippen LogP contribution in [0.2, 0.25) is 25.7 Å². The molecular weight excluding hydrogens is 400 g/mol. The van der Waals surface area contributed by atoms with Gasteiger partial charge in [0.25, 0.3) is 0 Å². The van der Waals surface area contributed by atoms with Crippen molar-refractivity contribution in [2.75, 3.05) is 13.2 Å². The van der Waals surface area contributed by atoms with Crippen LogP contribution in [-0.4, -0.2) is 44.1 Å². The molecule has 0 amide bonds. The van der Waals surface area contributed by atoms with E-state index >= 15 is 0 Å². The largest absolute Gasteiger partial charge is 0.508 e. The Labute approximate surface area is 178 Å². The van der Waals surface area contributed by atoms with Gasteiger partial charge >= 0.3 is 11.9 Å². The quantitative estimate of drug-likeness (QED) is 0.525. The minimum atomic E-state index is -1.37. The van der Waals surface area contributed by atoms with Gasteiger partial charge in [-0.15, -0.1) is 0 Å². The molecule has 0 radical (unpaired) electrons. The fourth-order valence-electron chi connectivity index (χ4n) is 4.70. The molecular formula is C23H30O6Si. The summed E-state index contributed by atoms with van der Waals surface area (Å²) in [5, 5.41) is 9.96. The highest BCUT2D eigenvalue weighted by molar-refractivity contribution is 6.76. The smallest absolute Gasteiger partial charge is 0.310 e. The van der Waals surface area contributed by atoms with E-state index in [1.165, 1.54) is 0 Å². The first-order valence-corrected chi connectivity index (χ1v) is 14.6. The molecule has 30 heavy (non-hydrogen) atoms. The molecule has 1 aromatic rings. The number of Topliss-reactive ketones (excluding diaryl/α,β-unsaturated/α-hetero) is 1. The van der Waals surface area contributed by atoms with Crippen molar-refractivity contribution in [3.05, 3.63) is 29.3 Å². The highest BCUT2D eigenvalue weighted by atomic mass is 28.3. The predicted molar refractivity (Wildman–Crippen MR) is 113 cm³/mol. The Kier molecular flexibility index (Phi) is 5.51. The number of phenolic OH excluding ortho intramolecular Hbond substituents is 1. The summed E-state index contributed by atoms with van der Waals surface area (Å²) in [6.45, 7) is 7.31. The van der Waals surface area contributed by atoms with Gasteiger partial charge in [0, 0.05) is 20.4 Å². The van der Waals surface area contributed by atoms with E-state index in [-0.39, 0.29) is 18.0 Å². The van der Waals surface area contributed by atoms with Crippen molar-refractivity contribution in [2.24, 2.45) is 17.8 Å². The van der Waals surface area contributed by atoms with Gasteiger partial charge in [-0.05, 0) is 48.1 Å². The van der Waals surface area contributed by atoms with Crippen LogP contribution in [0.3, 0.4) is 0 Å². The number of ether oxygens (including phenoxy) is 2. The summed E-state index contributed by atoms with van der Waals surface area (Å²) in [7, 11) is -1.37. The van der Waals surface area contributed by atoms with Crippen LogP contribution >= 0.6 is 0 Å². The molecule has 1 aromatic carbocycles. The van der Waals surface area contributed by atoms with Crippen LogP contribution in [0.25, 0.3) is 0 Å². The Bertz CT molecular complexity index is 869. The number of esters is 2. The summed E-state index contributed by atoms with van der Waals surface area (Å²) in [5.41, 5.74) is 1.51. The van der Waals surface area contributed by atoms with Crippen molar-refractivity contribution in [1.82, 2.24) is 0 Å². The highest BCUT2D eigenvalue weighted by Crippen LogP contribution is 2.55. The summed E-state index contributed by atoms with van der Waals surface area (Å²) >= 11 is 0. The fraction of sp³-hybridized carbons (Fsp3) is 0.609. The topological polar surface area (TPSA) is 89.9 Å². The lowest BCUT2D eigenvalue weighted by atomic mass is 9.55. The lowest BCUT2D eigenvalue weighted by Crippen LogP contribution is -2.50. The van der Waals surface area contributed by atoms with Gasteiger partial charge in [-0.3, -0.25) is 14.4 Å². The van der Waals surface area contributed by atoms with Gasteiger partial charge in [0.05, 0.1) is 31.0 Å². The van der Waals surface area contributed by atoms with Gasteiger partial charge in [0.2, 0.25) is 0 Å². The zero-order valence-electron chi connectivity index (χ0n) is 17.8. The molecule has 0 aromatic heterocycles. The van der Waals surface area contributed by atoms with E-state index in [1.54, 1.807) is 18.2 Å². The molecule has 4 aliphatic rings. The minimum absolute atomic E-state index is 0.0495. The van der Waals surface area contributed by atoms with E-state index in [0.29, 0.717) is 24.7 Å². The third kappa shape index (κ3) is 4.17. The van der Waals surface area contributed by atoms with E-state index in [9.17, 15) is 19.5 Å². The fourth-order valence-corrected chi connectivity index (χ4v) is 5.41. The van der Waals surface area contributed by atoms with Gasteiger partial charge in [0.1, 0.15) is 11.5 Å². The maximum absolute atomic E-state index is 13.1. The van der Waals surface area contributed by atoms with Crippen LogP contribution in [0.15, 0.2) is 18.2 Å². The first-order valence-electron chi connectivity index (χ1n) is 10.8. The molecule has 4 aliphatic carbocycles. The van der Waals surface area contributed by atoms with Crippen molar-refractivity contribution in [3.63, 3.8) is 0 Å². The number of ketones is 1. The predicted octanol–water partition coefficient (Wildman–Crippen LogP) is 3.61. The Morgan fingerprint density at radius 2 is 1.77 bits per heavy atom. The molecule has 2 bridgehead atoms. The first-order chi connectivity index (χ1) is 14.2. The molecule has 6 nitrogen and oxygen atoms in total. The van der Waals surface area contributed by atoms with Crippen LogP contribution in [0.1, 0.15) is 42.2 Å². The standard InChI is InChI=1S/C23H30O6Si/c1-30(2,3)9-8-28-22(26)20-17-11-18(25)19(16-10-14(24)6-7-15(16)17)21(20)23(27)29-12-13-4-5-13/h6-7,10,13,17,19-21,24H,4-5,8-9,11-12H2,1-3H3/t17?,19-,20-,21-/m1/s1. The Morgan fingerprint density at radius 1 is 1.07 bits per heavy atom. The van der Waals surface area contributed by atoms with Crippen LogP contribution < -0.4 is 0 Å². The lowest BCUT2D eigenvalue weighted by molar-refractivity contribution is -0.167. The summed E-state index contributed by atoms with van der Waals surface area (Å²) in [6, 6.07) is 5.73. The molecule has 0 saturated heterocycles. The highest BCUT2D eigenvalue weighted by Gasteiger charge is 2.58. The van der Waals surface area contributed by atoms with Crippen molar-refractivity contribution in [1.29, 1.82) is 0 Å². The summed E-state index contributed by atoms with van der Waals surface area (Å²) in [4.78, 5) is 39.1. The summed E-state index contributed by atoms with van der Waals surface area (Å²) < 4.78 is 11.2. The number of benzene rings is 1. The van der Waals surface area contributed by atoms with Crippen molar-refractivity contribution >= 4 is 25.8 Å². The van der Waals surface area contributed by atoms with Gasteiger partial charge in [0.15, 0.2) is 0 Å². The second-order valence-electron chi connectivity index (χ2n) is 10.2. The molecule has 5 rings (SSSR count). The number of carbonyl (C=O) groups is 3. The van der Waals surface area contributed by atoms with Crippen LogP contribution in [0.4, 0.5) is 0 Å². The zero-order chi connectivity index (χ0) is 21.6. The normalized spacial score (nSPS) is 27.5. The number of hydrogen-bond donors (Lipinski definition) is 1. The Morgan fingerprint density at radius 3 is 2.43 bits per heavy atom. The Balaban J connectivity index is 1.63. The lowest BCUT2D eigenvalue weighted by Gasteiger charge is -2.46. The molecule has 4 atom stereocenters. The molecule has 0 aliphatic heterocycles. The van der Waals surface area contributed by atoms with Gasteiger partial charge in [-0.2, -0.15) is 0 Å². The third-order valence-corrected chi connectivity index (χ3v) is 8.26. The molecule has 1 unspecified atom stereocenters. The third-order valence-electron chi connectivity index (χ3n) is 6.55. The van der Waals surface area contributed by atoms with E-state index in [0.717, 1.165) is 24.4 Å². The zero-order valence-corrected chi connectivity index (χ0v) is 18.8.